The Hall–Kier alpha value is -2.63. The van der Waals surface area contributed by atoms with Crippen molar-refractivity contribution in [2.75, 3.05) is 19.0 Å². The van der Waals surface area contributed by atoms with Crippen LogP contribution in [-0.4, -0.2) is 19.6 Å². The van der Waals surface area contributed by atoms with Gasteiger partial charge in [-0.15, -0.1) is 0 Å². The number of carbonyl (C=O) groups excluding carboxylic acids is 1. The zero-order valence-corrected chi connectivity index (χ0v) is 12.0. The van der Waals surface area contributed by atoms with E-state index in [-0.39, 0.29) is 24.7 Å². The minimum Gasteiger partial charge on any atom is -0.483 e. The minimum absolute atomic E-state index is 0.0988. The van der Waals surface area contributed by atoms with Crippen molar-refractivity contribution in [3.05, 3.63) is 59.7 Å². The number of hydrogen-bond acceptors (Lipinski definition) is 3. The number of ether oxygens (including phenoxy) is 1. The van der Waals surface area contributed by atoms with Crippen LogP contribution in [0.4, 0.5) is 14.5 Å². The van der Waals surface area contributed by atoms with Crippen LogP contribution in [0.5, 0.6) is 5.75 Å². The molecule has 0 saturated carbocycles. The summed E-state index contributed by atoms with van der Waals surface area (Å²) in [4.78, 5) is 11.2. The number of carbonyl (C=O) groups is 1. The van der Waals surface area contributed by atoms with Gasteiger partial charge in [-0.3, -0.25) is 4.79 Å². The number of para-hydroxylation sites is 1. The Morgan fingerprint density at radius 2 is 1.95 bits per heavy atom. The van der Waals surface area contributed by atoms with Gasteiger partial charge >= 0.3 is 0 Å². The molecule has 0 radical (unpaired) electrons. The SMILES string of the molecule is CNC(=O)COc1ccccc1CNc1ccc(F)cc1F. The molecule has 0 aliphatic rings. The van der Waals surface area contributed by atoms with Gasteiger partial charge in [0, 0.05) is 25.2 Å². The lowest BCUT2D eigenvalue weighted by molar-refractivity contribution is -0.122. The van der Waals surface area contributed by atoms with Gasteiger partial charge in [-0.2, -0.15) is 0 Å². The first-order valence-corrected chi connectivity index (χ1v) is 6.70. The third kappa shape index (κ3) is 4.18. The summed E-state index contributed by atoms with van der Waals surface area (Å²) < 4.78 is 31.8. The summed E-state index contributed by atoms with van der Waals surface area (Å²) in [5.41, 5.74) is 0.956. The third-order valence-electron chi connectivity index (χ3n) is 3.01. The Balaban J connectivity index is 2.04. The number of rotatable bonds is 6. The standard InChI is InChI=1S/C16H16F2N2O2/c1-19-16(21)10-22-15-5-3-2-4-11(15)9-20-14-7-6-12(17)8-13(14)18/h2-8,20H,9-10H2,1H3,(H,19,21). The topological polar surface area (TPSA) is 50.4 Å². The minimum atomic E-state index is -0.663. The summed E-state index contributed by atoms with van der Waals surface area (Å²) in [5, 5.41) is 5.34. The second-order valence-electron chi connectivity index (χ2n) is 4.55. The van der Waals surface area contributed by atoms with Gasteiger partial charge in [0.15, 0.2) is 6.61 Å². The Kier molecular flexibility index (Phi) is 5.30. The zero-order chi connectivity index (χ0) is 15.9. The monoisotopic (exact) mass is 306 g/mol. The van der Waals surface area contributed by atoms with E-state index >= 15 is 0 Å². The van der Waals surface area contributed by atoms with E-state index in [4.69, 9.17) is 4.74 Å². The molecule has 0 unspecified atom stereocenters. The van der Waals surface area contributed by atoms with Crippen molar-refractivity contribution in [3.8, 4) is 5.75 Å². The first kappa shape index (κ1) is 15.8. The molecule has 0 saturated heterocycles. The van der Waals surface area contributed by atoms with Crippen LogP contribution < -0.4 is 15.4 Å². The van der Waals surface area contributed by atoms with Gasteiger partial charge in [0.05, 0.1) is 5.69 Å². The van der Waals surface area contributed by atoms with E-state index < -0.39 is 11.6 Å². The van der Waals surface area contributed by atoms with Gasteiger partial charge in [-0.25, -0.2) is 8.78 Å². The molecular formula is C16H16F2N2O2. The molecule has 0 bridgehead atoms. The average molecular weight is 306 g/mol. The Morgan fingerprint density at radius 3 is 2.68 bits per heavy atom. The fourth-order valence-corrected chi connectivity index (χ4v) is 1.83. The highest BCUT2D eigenvalue weighted by Crippen LogP contribution is 2.21. The van der Waals surface area contributed by atoms with E-state index in [2.05, 4.69) is 10.6 Å². The van der Waals surface area contributed by atoms with Crippen molar-refractivity contribution in [2.24, 2.45) is 0 Å². The Labute approximate surface area is 127 Å². The smallest absolute Gasteiger partial charge is 0.257 e. The lowest BCUT2D eigenvalue weighted by Gasteiger charge is -2.12. The van der Waals surface area contributed by atoms with Crippen molar-refractivity contribution in [2.45, 2.75) is 6.54 Å². The van der Waals surface area contributed by atoms with Crippen LogP contribution in [-0.2, 0) is 11.3 Å². The predicted octanol–water partition coefficient (Wildman–Crippen LogP) is 2.70. The van der Waals surface area contributed by atoms with Crippen LogP contribution in [0.15, 0.2) is 42.5 Å². The molecule has 0 aliphatic heterocycles. The maximum atomic E-state index is 13.6. The van der Waals surface area contributed by atoms with Crippen molar-refractivity contribution in [1.82, 2.24) is 5.32 Å². The molecular weight excluding hydrogens is 290 g/mol. The van der Waals surface area contributed by atoms with Gasteiger partial charge in [0.25, 0.3) is 5.91 Å². The van der Waals surface area contributed by atoms with E-state index in [0.717, 1.165) is 11.6 Å². The van der Waals surface area contributed by atoms with E-state index in [1.54, 1.807) is 18.2 Å². The molecule has 2 N–H and O–H groups in total. The molecule has 0 atom stereocenters. The number of hydrogen-bond donors (Lipinski definition) is 2. The summed E-state index contributed by atoms with van der Waals surface area (Å²) in [7, 11) is 1.52. The van der Waals surface area contributed by atoms with Crippen LogP contribution in [0.2, 0.25) is 0 Å². The maximum Gasteiger partial charge on any atom is 0.257 e. The van der Waals surface area contributed by atoms with Gasteiger partial charge in [0.1, 0.15) is 17.4 Å². The number of nitrogens with one attached hydrogen (secondary N) is 2. The quantitative estimate of drug-likeness (QED) is 0.863. The molecule has 22 heavy (non-hydrogen) atoms. The first-order valence-electron chi connectivity index (χ1n) is 6.70. The Morgan fingerprint density at radius 1 is 1.18 bits per heavy atom. The molecule has 116 valence electrons. The summed E-state index contributed by atoms with van der Waals surface area (Å²) in [6.45, 7) is 0.185. The van der Waals surface area contributed by atoms with Crippen LogP contribution in [0, 0.1) is 11.6 Å². The molecule has 2 aromatic carbocycles. The largest absolute Gasteiger partial charge is 0.483 e. The summed E-state index contributed by atoms with van der Waals surface area (Å²) in [5.74, 6) is -1.01. The first-order chi connectivity index (χ1) is 10.6. The maximum absolute atomic E-state index is 13.6. The lowest BCUT2D eigenvalue weighted by Crippen LogP contribution is -2.25. The van der Waals surface area contributed by atoms with Crippen molar-refractivity contribution in [3.63, 3.8) is 0 Å². The normalized spacial score (nSPS) is 10.1. The van der Waals surface area contributed by atoms with Crippen LogP contribution in [0.3, 0.4) is 0 Å². The van der Waals surface area contributed by atoms with Gasteiger partial charge in [-0.05, 0) is 18.2 Å². The van der Waals surface area contributed by atoms with Crippen LogP contribution in [0.1, 0.15) is 5.56 Å². The number of benzene rings is 2. The van der Waals surface area contributed by atoms with Crippen molar-refractivity contribution < 1.29 is 18.3 Å². The summed E-state index contributed by atoms with van der Waals surface area (Å²) >= 11 is 0. The second-order valence-corrected chi connectivity index (χ2v) is 4.55. The van der Waals surface area contributed by atoms with Crippen LogP contribution in [0.25, 0.3) is 0 Å². The molecule has 0 aromatic heterocycles. The molecule has 2 rings (SSSR count). The van der Waals surface area contributed by atoms with Gasteiger partial charge in [-0.1, -0.05) is 18.2 Å². The molecule has 1 amide bonds. The number of likely N-dealkylation sites (N-methyl/N-ethyl adjacent to an activating group) is 1. The van der Waals surface area contributed by atoms with E-state index in [0.29, 0.717) is 5.75 Å². The fourth-order valence-electron chi connectivity index (χ4n) is 1.83. The highest BCUT2D eigenvalue weighted by atomic mass is 19.1. The molecule has 0 heterocycles. The van der Waals surface area contributed by atoms with Crippen LogP contribution >= 0.6 is 0 Å². The lowest BCUT2D eigenvalue weighted by atomic mass is 10.2. The molecule has 0 spiro atoms. The van der Waals surface area contributed by atoms with Gasteiger partial charge in [0.2, 0.25) is 0 Å². The Bertz CT molecular complexity index is 662. The number of halogens is 2. The molecule has 2 aromatic rings. The molecule has 6 heteroatoms. The second kappa shape index (κ2) is 7.40. The zero-order valence-electron chi connectivity index (χ0n) is 12.0. The number of amides is 1. The number of anilines is 1. The summed E-state index contributed by atoms with van der Waals surface area (Å²) in [6.07, 6.45) is 0. The average Bonchev–Trinajstić information content (AvgIpc) is 2.52. The summed E-state index contributed by atoms with van der Waals surface area (Å²) in [6, 6.07) is 10.4. The van der Waals surface area contributed by atoms with E-state index in [9.17, 15) is 13.6 Å². The van der Waals surface area contributed by atoms with E-state index in [1.807, 2.05) is 6.07 Å². The third-order valence-corrected chi connectivity index (χ3v) is 3.01. The molecule has 4 nitrogen and oxygen atoms in total. The van der Waals surface area contributed by atoms with Crippen molar-refractivity contribution >= 4 is 11.6 Å². The van der Waals surface area contributed by atoms with E-state index in [1.165, 1.54) is 19.2 Å². The fraction of sp³-hybridized carbons (Fsp3) is 0.188. The molecule has 0 fully saturated rings. The highest BCUT2D eigenvalue weighted by Gasteiger charge is 2.07. The highest BCUT2D eigenvalue weighted by molar-refractivity contribution is 5.77. The van der Waals surface area contributed by atoms with Crippen molar-refractivity contribution in [1.29, 1.82) is 0 Å². The van der Waals surface area contributed by atoms with Gasteiger partial charge < -0.3 is 15.4 Å². The molecule has 0 aliphatic carbocycles. The predicted molar refractivity (Wildman–Crippen MR) is 79.7 cm³/mol.